The van der Waals surface area contributed by atoms with E-state index in [4.69, 9.17) is 4.74 Å². The van der Waals surface area contributed by atoms with Crippen molar-refractivity contribution in [1.82, 2.24) is 4.98 Å². The summed E-state index contributed by atoms with van der Waals surface area (Å²) in [4.78, 5) is 4.64. The molecule has 0 bridgehead atoms. The van der Waals surface area contributed by atoms with Crippen molar-refractivity contribution in [2.45, 2.75) is 6.54 Å². The Balaban J connectivity index is 1.76. The van der Waals surface area contributed by atoms with E-state index in [0.717, 1.165) is 28.0 Å². The molecule has 0 unspecified atom stereocenters. The summed E-state index contributed by atoms with van der Waals surface area (Å²) in [5.41, 5.74) is 3.07. The van der Waals surface area contributed by atoms with Gasteiger partial charge in [0.15, 0.2) is 0 Å². The molecule has 0 aliphatic carbocycles. The number of nitrogens with zero attached hydrogens (tertiary/aromatic N) is 1. The molecular weight excluding hydrogens is 248 g/mol. The number of rotatable bonds is 4. The average Bonchev–Trinajstić information content (AvgIpc) is 2.53. The molecule has 3 heteroatoms. The normalized spacial score (nSPS) is 10.4. The summed E-state index contributed by atoms with van der Waals surface area (Å²) in [5, 5.41) is 4.52. The second kappa shape index (κ2) is 5.61. The van der Waals surface area contributed by atoms with Crippen LogP contribution in [0, 0.1) is 0 Å². The molecule has 0 aliphatic rings. The van der Waals surface area contributed by atoms with Crippen molar-refractivity contribution in [3.63, 3.8) is 0 Å². The molecule has 3 rings (SSSR count). The Bertz CT molecular complexity index is 725. The highest BCUT2D eigenvalue weighted by Gasteiger charge is 1.99. The number of ether oxygens (including phenoxy) is 1. The molecule has 1 aromatic heterocycles. The Labute approximate surface area is 118 Å². The molecule has 0 spiro atoms. The molecule has 3 nitrogen and oxygen atoms in total. The lowest BCUT2D eigenvalue weighted by molar-refractivity contribution is 0.415. The predicted molar refractivity (Wildman–Crippen MR) is 82.1 cm³/mol. The Morgan fingerprint density at radius 2 is 1.90 bits per heavy atom. The fraction of sp³-hybridized carbons (Fsp3) is 0.118. The van der Waals surface area contributed by atoms with Crippen LogP contribution in [0.15, 0.2) is 60.7 Å². The van der Waals surface area contributed by atoms with E-state index in [9.17, 15) is 0 Å². The minimum atomic E-state index is 0.692. The van der Waals surface area contributed by atoms with E-state index in [1.807, 2.05) is 42.5 Å². The van der Waals surface area contributed by atoms with Gasteiger partial charge in [0.05, 0.1) is 24.9 Å². The van der Waals surface area contributed by atoms with Crippen LogP contribution in [-0.2, 0) is 6.54 Å². The van der Waals surface area contributed by atoms with Crippen LogP contribution in [0.5, 0.6) is 5.75 Å². The highest BCUT2D eigenvalue weighted by molar-refractivity contribution is 5.78. The molecular formula is C17H16N2O. The monoisotopic (exact) mass is 264 g/mol. The van der Waals surface area contributed by atoms with Crippen LogP contribution in [0.1, 0.15) is 5.69 Å². The largest absolute Gasteiger partial charge is 0.497 e. The summed E-state index contributed by atoms with van der Waals surface area (Å²) in [6.45, 7) is 0.692. The fourth-order valence-corrected chi connectivity index (χ4v) is 2.13. The minimum absolute atomic E-state index is 0.692. The van der Waals surface area contributed by atoms with Crippen LogP contribution in [-0.4, -0.2) is 12.1 Å². The summed E-state index contributed by atoms with van der Waals surface area (Å²) in [7, 11) is 1.67. The molecule has 0 saturated carbocycles. The zero-order chi connectivity index (χ0) is 13.8. The molecule has 1 heterocycles. The standard InChI is InChI=1S/C17H16N2O/c1-20-16-7-4-6-14(11-16)18-12-15-10-9-13-5-2-3-8-17(13)19-15/h2-11,18H,12H2,1H3. The third kappa shape index (κ3) is 2.72. The van der Waals surface area contributed by atoms with Gasteiger partial charge in [0.2, 0.25) is 0 Å². The summed E-state index contributed by atoms with van der Waals surface area (Å²) >= 11 is 0. The van der Waals surface area contributed by atoms with Crippen molar-refractivity contribution in [3.8, 4) is 5.75 Å². The van der Waals surface area contributed by atoms with E-state index in [-0.39, 0.29) is 0 Å². The molecule has 0 amide bonds. The minimum Gasteiger partial charge on any atom is -0.497 e. The van der Waals surface area contributed by atoms with E-state index in [2.05, 4.69) is 28.5 Å². The first-order valence-electron chi connectivity index (χ1n) is 6.58. The molecule has 0 radical (unpaired) electrons. The van der Waals surface area contributed by atoms with E-state index in [1.54, 1.807) is 7.11 Å². The zero-order valence-corrected chi connectivity index (χ0v) is 11.3. The van der Waals surface area contributed by atoms with Gasteiger partial charge in [-0.25, -0.2) is 0 Å². The van der Waals surface area contributed by atoms with Crippen molar-refractivity contribution in [2.24, 2.45) is 0 Å². The lowest BCUT2D eigenvalue weighted by Gasteiger charge is -2.08. The molecule has 2 aromatic carbocycles. The maximum absolute atomic E-state index is 5.21. The average molecular weight is 264 g/mol. The number of aromatic nitrogens is 1. The Morgan fingerprint density at radius 3 is 2.80 bits per heavy atom. The van der Waals surface area contributed by atoms with Crippen molar-refractivity contribution in [3.05, 3.63) is 66.4 Å². The Morgan fingerprint density at radius 1 is 1.00 bits per heavy atom. The van der Waals surface area contributed by atoms with Crippen LogP contribution in [0.3, 0.4) is 0 Å². The Hall–Kier alpha value is -2.55. The topological polar surface area (TPSA) is 34.1 Å². The van der Waals surface area contributed by atoms with E-state index in [1.165, 1.54) is 0 Å². The third-order valence-electron chi connectivity index (χ3n) is 3.20. The van der Waals surface area contributed by atoms with Gasteiger partial charge in [0, 0.05) is 17.1 Å². The maximum Gasteiger partial charge on any atom is 0.120 e. The Kier molecular flexibility index (Phi) is 3.50. The smallest absolute Gasteiger partial charge is 0.120 e. The van der Waals surface area contributed by atoms with Gasteiger partial charge in [-0.1, -0.05) is 30.3 Å². The number of hydrogen-bond donors (Lipinski definition) is 1. The van der Waals surface area contributed by atoms with Crippen LogP contribution < -0.4 is 10.1 Å². The number of pyridine rings is 1. The van der Waals surface area contributed by atoms with Crippen molar-refractivity contribution in [1.29, 1.82) is 0 Å². The first kappa shape index (κ1) is 12.5. The van der Waals surface area contributed by atoms with E-state index < -0.39 is 0 Å². The number of para-hydroxylation sites is 1. The van der Waals surface area contributed by atoms with Gasteiger partial charge in [-0.15, -0.1) is 0 Å². The van der Waals surface area contributed by atoms with Crippen molar-refractivity contribution < 1.29 is 4.74 Å². The second-order valence-corrected chi connectivity index (χ2v) is 4.58. The fourth-order valence-electron chi connectivity index (χ4n) is 2.13. The van der Waals surface area contributed by atoms with Gasteiger partial charge in [0.1, 0.15) is 5.75 Å². The number of fused-ring (bicyclic) bond motifs is 1. The van der Waals surface area contributed by atoms with E-state index in [0.29, 0.717) is 6.54 Å². The molecule has 0 aliphatic heterocycles. The number of anilines is 1. The van der Waals surface area contributed by atoms with Gasteiger partial charge in [0.25, 0.3) is 0 Å². The third-order valence-corrected chi connectivity index (χ3v) is 3.20. The van der Waals surface area contributed by atoms with Gasteiger partial charge in [-0.2, -0.15) is 0 Å². The number of nitrogens with one attached hydrogen (secondary N) is 1. The summed E-state index contributed by atoms with van der Waals surface area (Å²) in [6.07, 6.45) is 0. The highest BCUT2D eigenvalue weighted by atomic mass is 16.5. The molecule has 0 fully saturated rings. The lowest BCUT2D eigenvalue weighted by Crippen LogP contribution is -2.01. The second-order valence-electron chi connectivity index (χ2n) is 4.58. The van der Waals surface area contributed by atoms with Crippen LogP contribution in [0.4, 0.5) is 5.69 Å². The van der Waals surface area contributed by atoms with Crippen LogP contribution >= 0.6 is 0 Å². The van der Waals surface area contributed by atoms with Gasteiger partial charge >= 0.3 is 0 Å². The van der Waals surface area contributed by atoms with Gasteiger partial charge in [-0.05, 0) is 24.3 Å². The lowest BCUT2D eigenvalue weighted by atomic mass is 10.2. The molecule has 0 saturated heterocycles. The molecule has 100 valence electrons. The van der Waals surface area contributed by atoms with Gasteiger partial charge in [-0.3, -0.25) is 4.98 Å². The van der Waals surface area contributed by atoms with Crippen LogP contribution in [0.25, 0.3) is 10.9 Å². The van der Waals surface area contributed by atoms with E-state index >= 15 is 0 Å². The maximum atomic E-state index is 5.21. The summed E-state index contributed by atoms with van der Waals surface area (Å²) < 4.78 is 5.21. The molecule has 3 aromatic rings. The predicted octanol–water partition coefficient (Wildman–Crippen LogP) is 3.86. The number of methoxy groups -OCH3 is 1. The summed E-state index contributed by atoms with van der Waals surface area (Å²) in [5.74, 6) is 0.849. The molecule has 0 atom stereocenters. The number of hydrogen-bond acceptors (Lipinski definition) is 3. The van der Waals surface area contributed by atoms with Crippen molar-refractivity contribution >= 4 is 16.6 Å². The first-order chi connectivity index (χ1) is 9.85. The SMILES string of the molecule is COc1cccc(NCc2ccc3ccccc3n2)c1. The zero-order valence-electron chi connectivity index (χ0n) is 11.3. The highest BCUT2D eigenvalue weighted by Crippen LogP contribution is 2.18. The molecule has 20 heavy (non-hydrogen) atoms. The quantitative estimate of drug-likeness (QED) is 0.777. The number of benzene rings is 2. The van der Waals surface area contributed by atoms with Crippen molar-refractivity contribution in [2.75, 3.05) is 12.4 Å². The van der Waals surface area contributed by atoms with Crippen LogP contribution in [0.2, 0.25) is 0 Å². The first-order valence-corrected chi connectivity index (χ1v) is 6.58. The summed E-state index contributed by atoms with van der Waals surface area (Å²) in [6, 6.07) is 20.2. The van der Waals surface area contributed by atoms with Gasteiger partial charge < -0.3 is 10.1 Å². The molecule has 1 N–H and O–H groups in total.